The van der Waals surface area contributed by atoms with E-state index in [-0.39, 0.29) is 18.1 Å². The van der Waals surface area contributed by atoms with E-state index in [9.17, 15) is 9.18 Å². The molecule has 0 saturated heterocycles. The second-order valence-electron chi connectivity index (χ2n) is 5.61. The maximum absolute atomic E-state index is 13.9. The summed E-state index contributed by atoms with van der Waals surface area (Å²) in [5, 5.41) is 4.93. The highest BCUT2D eigenvalue weighted by Crippen LogP contribution is 2.46. The molecule has 3 aromatic rings. The molecule has 0 spiro atoms. The number of halogens is 1. The number of nitrogens with zero attached hydrogens (tertiary/aromatic N) is 2. The fraction of sp³-hybridized carbons (Fsp3) is 0.250. The molecule has 1 aliphatic carbocycles. The fourth-order valence-electron chi connectivity index (χ4n) is 2.77. The second kappa shape index (κ2) is 4.91. The van der Waals surface area contributed by atoms with Crippen molar-refractivity contribution < 1.29 is 9.18 Å². The van der Waals surface area contributed by atoms with Crippen molar-refractivity contribution in [2.24, 2.45) is 0 Å². The van der Waals surface area contributed by atoms with Crippen LogP contribution in [0.15, 0.2) is 42.0 Å². The SMILES string of the molecule is O=C(Cc1cn2ccsc2n1)NC1(c2ccccc2F)CC1. The van der Waals surface area contributed by atoms with E-state index in [2.05, 4.69) is 10.3 Å². The minimum Gasteiger partial charge on any atom is -0.346 e. The average Bonchev–Trinajstić information content (AvgIpc) is 2.94. The van der Waals surface area contributed by atoms with Crippen molar-refractivity contribution in [3.05, 3.63) is 59.1 Å². The number of benzene rings is 1. The largest absolute Gasteiger partial charge is 0.346 e. The van der Waals surface area contributed by atoms with Crippen LogP contribution in [0, 0.1) is 5.82 Å². The number of rotatable bonds is 4. The Kier molecular flexibility index (Phi) is 3.00. The smallest absolute Gasteiger partial charge is 0.226 e. The topological polar surface area (TPSA) is 46.4 Å². The zero-order valence-corrected chi connectivity index (χ0v) is 12.6. The van der Waals surface area contributed by atoms with E-state index >= 15 is 0 Å². The summed E-state index contributed by atoms with van der Waals surface area (Å²) >= 11 is 1.53. The maximum Gasteiger partial charge on any atom is 0.226 e. The van der Waals surface area contributed by atoms with Crippen LogP contribution in [0.5, 0.6) is 0 Å². The first-order valence-electron chi connectivity index (χ1n) is 7.13. The number of nitrogens with one attached hydrogen (secondary N) is 1. The molecule has 1 aliphatic rings. The summed E-state index contributed by atoms with van der Waals surface area (Å²) in [5.41, 5.74) is 0.780. The highest BCUT2D eigenvalue weighted by Gasteiger charge is 2.47. The first-order valence-corrected chi connectivity index (χ1v) is 8.01. The van der Waals surface area contributed by atoms with Crippen LogP contribution >= 0.6 is 11.3 Å². The fourth-order valence-corrected chi connectivity index (χ4v) is 3.49. The van der Waals surface area contributed by atoms with Gasteiger partial charge in [-0.05, 0) is 18.9 Å². The summed E-state index contributed by atoms with van der Waals surface area (Å²) in [6.45, 7) is 0. The normalized spacial score (nSPS) is 15.9. The predicted molar refractivity (Wildman–Crippen MR) is 82.2 cm³/mol. The van der Waals surface area contributed by atoms with Crippen molar-refractivity contribution in [1.82, 2.24) is 14.7 Å². The summed E-state index contributed by atoms with van der Waals surface area (Å²) in [7, 11) is 0. The Morgan fingerprint density at radius 3 is 2.95 bits per heavy atom. The summed E-state index contributed by atoms with van der Waals surface area (Å²) in [6, 6.07) is 6.64. The molecule has 0 radical (unpaired) electrons. The summed E-state index contributed by atoms with van der Waals surface area (Å²) in [5.74, 6) is -0.380. The number of fused-ring (bicyclic) bond motifs is 1. The number of hydrogen-bond acceptors (Lipinski definition) is 3. The van der Waals surface area contributed by atoms with E-state index in [1.807, 2.05) is 22.2 Å². The van der Waals surface area contributed by atoms with Gasteiger partial charge in [0.25, 0.3) is 0 Å². The lowest BCUT2D eigenvalue weighted by atomic mass is 10.0. The van der Waals surface area contributed by atoms with Crippen LogP contribution in [0.2, 0.25) is 0 Å². The van der Waals surface area contributed by atoms with Crippen LogP contribution in [-0.2, 0) is 16.8 Å². The number of hydrogen-bond donors (Lipinski definition) is 1. The van der Waals surface area contributed by atoms with Gasteiger partial charge in [0.1, 0.15) is 5.82 Å². The average molecular weight is 315 g/mol. The Labute approximate surface area is 130 Å². The molecule has 1 fully saturated rings. The van der Waals surface area contributed by atoms with Crippen molar-refractivity contribution in [3.8, 4) is 0 Å². The number of amides is 1. The quantitative estimate of drug-likeness (QED) is 0.805. The minimum absolute atomic E-state index is 0.119. The van der Waals surface area contributed by atoms with Gasteiger partial charge in [-0.1, -0.05) is 18.2 Å². The number of thiazole rings is 1. The van der Waals surface area contributed by atoms with Gasteiger partial charge in [-0.2, -0.15) is 0 Å². The molecule has 1 N–H and O–H groups in total. The van der Waals surface area contributed by atoms with Gasteiger partial charge in [0.15, 0.2) is 4.96 Å². The van der Waals surface area contributed by atoms with Crippen LogP contribution in [0.3, 0.4) is 0 Å². The molecule has 22 heavy (non-hydrogen) atoms. The molecular formula is C16H14FN3OS. The Bertz CT molecular complexity index is 821. The molecule has 1 saturated carbocycles. The molecule has 6 heteroatoms. The lowest BCUT2D eigenvalue weighted by Crippen LogP contribution is -2.36. The molecule has 0 atom stereocenters. The van der Waals surface area contributed by atoms with E-state index < -0.39 is 5.54 Å². The van der Waals surface area contributed by atoms with E-state index in [4.69, 9.17) is 0 Å². The van der Waals surface area contributed by atoms with Gasteiger partial charge in [0.05, 0.1) is 17.7 Å². The van der Waals surface area contributed by atoms with E-state index in [1.165, 1.54) is 17.4 Å². The molecular weight excluding hydrogens is 301 g/mol. The van der Waals surface area contributed by atoms with Crippen molar-refractivity contribution >= 4 is 22.2 Å². The first kappa shape index (κ1) is 13.5. The third kappa shape index (κ3) is 2.29. The van der Waals surface area contributed by atoms with Crippen LogP contribution < -0.4 is 5.32 Å². The van der Waals surface area contributed by atoms with Crippen molar-refractivity contribution in [2.45, 2.75) is 24.8 Å². The summed E-state index contributed by atoms with van der Waals surface area (Å²) in [6.07, 6.45) is 5.53. The molecule has 0 unspecified atom stereocenters. The van der Waals surface area contributed by atoms with E-state index in [1.54, 1.807) is 18.2 Å². The molecule has 0 aliphatic heterocycles. The Hall–Kier alpha value is -2.21. The Morgan fingerprint density at radius 1 is 1.41 bits per heavy atom. The zero-order valence-electron chi connectivity index (χ0n) is 11.8. The summed E-state index contributed by atoms with van der Waals surface area (Å²) in [4.78, 5) is 17.5. The monoisotopic (exact) mass is 315 g/mol. The highest BCUT2D eigenvalue weighted by molar-refractivity contribution is 7.15. The first-order chi connectivity index (χ1) is 10.7. The van der Waals surface area contributed by atoms with Gasteiger partial charge < -0.3 is 5.32 Å². The van der Waals surface area contributed by atoms with Crippen molar-refractivity contribution in [3.63, 3.8) is 0 Å². The second-order valence-corrected chi connectivity index (χ2v) is 6.49. The van der Waals surface area contributed by atoms with Crippen LogP contribution in [-0.4, -0.2) is 15.3 Å². The molecule has 1 aromatic carbocycles. The van der Waals surface area contributed by atoms with Crippen LogP contribution in [0.25, 0.3) is 4.96 Å². The minimum atomic E-state index is -0.528. The summed E-state index contributed by atoms with van der Waals surface area (Å²) < 4.78 is 15.8. The van der Waals surface area contributed by atoms with Gasteiger partial charge in [-0.3, -0.25) is 9.20 Å². The number of imidazole rings is 1. The lowest BCUT2D eigenvalue weighted by Gasteiger charge is -2.18. The predicted octanol–water partition coefficient (Wildman–Crippen LogP) is 2.88. The van der Waals surface area contributed by atoms with Crippen LogP contribution in [0.1, 0.15) is 24.1 Å². The third-order valence-electron chi connectivity index (χ3n) is 4.00. The molecule has 4 nitrogen and oxygen atoms in total. The van der Waals surface area contributed by atoms with Gasteiger partial charge in [-0.25, -0.2) is 9.37 Å². The van der Waals surface area contributed by atoms with E-state index in [0.717, 1.165) is 23.5 Å². The molecule has 1 amide bonds. The number of carbonyl (C=O) groups excluding carboxylic acids is 1. The lowest BCUT2D eigenvalue weighted by molar-refractivity contribution is -0.121. The third-order valence-corrected chi connectivity index (χ3v) is 4.77. The van der Waals surface area contributed by atoms with Crippen molar-refractivity contribution in [2.75, 3.05) is 0 Å². The van der Waals surface area contributed by atoms with Crippen LogP contribution in [0.4, 0.5) is 4.39 Å². The van der Waals surface area contributed by atoms with Gasteiger partial charge in [0, 0.05) is 23.3 Å². The Morgan fingerprint density at radius 2 is 2.23 bits per heavy atom. The van der Waals surface area contributed by atoms with Crippen molar-refractivity contribution in [1.29, 1.82) is 0 Å². The highest BCUT2D eigenvalue weighted by atomic mass is 32.1. The molecule has 4 rings (SSSR count). The molecule has 2 aromatic heterocycles. The zero-order chi connectivity index (χ0) is 15.2. The van der Waals surface area contributed by atoms with Gasteiger partial charge >= 0.3 is 0 Å². The molecule has 112 valence electrons. The molecule has 2 heterocycles. The molecule has 0 bridgehead atoms. The van der Waals surface area contributed by atoms with E-state index in [0.29, 0.717) is 5.56 Å². The Balaban J connectivity index is 1.50. The maximum atomic E-state index is 13.9. The van der Waals surface area contributed by atoms with Gasteiger partial charge in [0.2, 0.25) is 5.91 Å². The standard InChI is InChI=1S/C16H14FN3OS/c17-13-4-2-1-3-12(13)16(5-6-16)19-14(21)9-11-10-20-7-8-22-15(20)18-11/h1-4,7-8,10H,5-6,9H2,(H,19,21). The number of carbonyl (C=O) groups is 1. The number of aromatic nitrogens is 2. The van der Waals surface area contributed by atoms with Gasteiger partial charge in [-0.15, -0.1) is 11.3 Å².